The van der Waals surface area contributed by atoms with Crippen LogP contribution in [-0.2, 0) is 19.5 Å². The van der Waals surface area contributed by atoms with Gasteiger partial charge in [-0.15, -0.1) is 0 Å². The average Bonchev–Trinajstić information content (AvgIpc) is 3.08. The van der Waals surface area contributed by atoms with Gasteiger partial charge in [-0.25, -0.2) is 0 Å². The van der Waals surface area contributed by atoms with E-state index in [1.165, 1.54) is 66.5 Å². The molecule has 4 aliphatic rings. The topological polar surface area (TPSA) is 60.0 Å². The molecule has 31 heavy (non-hydrogen) atoms. The number of nitrogens with two attached hydrogens (primary N) is 1. The van der Waals surface area contributed by atoms with E-state index >= 15 is 0 Å². The maximum atomic E-state index is 6.55. The normalized spacial score (nSPS) is 27.6. The number of fused-ring (bicyclic) bond motifs is 5. The van der Waals surface area contributed by atoms with Crippen LogP contribution in [0.2, 0.25) is 0 Å². The standard InChI is InChI=1S/C26H33N5/c1-18-15-24(20-5-3-4-6-22(20)28-18)30-14-7-23-21(16-30)19(2)29-31(23)17-25-8-11-26(27,12-9-25)13-10-25/h3-6,15H,7-14,16-17,27H2,1-2H3. The predicted octanol–water partition coefficient (Wildman–Crippen LogP) is 4.66. The number of aryl methyl sites for hydroxylation is 2. The number of aromatic nitrogens is 3. The smallest absolute Gasteiger partial charge is 0.0726 e. The van der Waals surface area contributed by atoms with E-state index in [1.54, 1.807) is 0 Å². The molecule has 5 heteroatoms. The largest absolute Gasteiger partial charge is 0.366 e. The van der Waals surface area contributed by atoms with Crippen molar-refractivity contribution in [2.75, 3.05) is 11.4 Å². The summed E-state index contributed by atoms with van der Waals surface area (Å²) in [4.78, 5) is 7.26. The lowest BCUT2D eigenvalue weighted by molar-refractivity contribution is 0.0263. The Labute approximate surface area is 184 Å². The summed E-state index contributed by atoms with van der Waals surface area (Å²) in [5.41, 5.74) is 14.7. The van der Waals surface area contributed by atoms with E-state index in [1.807, 2.05) is 0 Å². The summed E-state index contributed by atoms with van der Waals surface area (Å²) in [5, 5.41) is 6.31. The molecule has 3 saturated carbocycles. The maximum Gasteiger partial charge on any atom is 0.0726 e. The Balaban J connectivity index is 1.30. The van der Waals surface area contributed by atoms with E-state index in [9.17, 15) is 0 Å². The molecular weight excluding hydrogens is 382 g/mol. The van der Waals surface area contributed by atoms with Crippen molar-refractivity contribution in [2.45, 2.75) is 77.4 Å². The van der Waals surface area contributed by atoms with E-state index in [0.717, 1.165) is 37.3 Å². The van der Waals surface area contributed by atoms with Gasteiger partial charge >= 0.3 is 0 Å². The third kappa shape index (κ3) is 3.16. The summed E-state index contributed by atoms with van der Waals surface area (Å²) in [5.74, 6) is 0. The molecule has 0 amide bonds. The van der Waals surface area contributed by atoms with Crippen molar-refractivity contribution in [1.29, 1.82) is 0 Å². The highest BCUT2D eigenvalue weighted by Crippen LogP contribution is 2.52. The van der Waals surface area contributed by atoms with Crippen molar-refractivity contribution < 1.29 is 0 Å². The fourth-order valence-corrected chi connectivity index (χ4v) is 6.39. The summed E-state index contributed by atoms with van der Waals surface area (Å²) < 4.78 is 2.38. The molecular formula is C26H33N5. The summed E-state index contributed by atoms with van der Waals surface area (Å²) >= 11 is 0. The Morgan fingerprint density at radius 3 is 2.55 bits per heavy atom. The number of rotatable bonds is 3. The molecule has 2 aromatic heterocycles. The van der Waals surface area contributed by atoms with Crippen LogP contribution in [0.25, 0.3) is 10.9 Å². The number of nitrogens with zero attached hydrogens (tertiary/aromatic N) is 4. The molecule has 0 saturated heterocycles. The number of benzene rings is 1. The molecule has 3 fully saturated rings. The van der Waals surface area contributed by atoms with Crippen LogP contribution in [0.5, 0.6) is 0 Å². The first-order chi connectivity index (χ1) is 14.9. The third-order valence-corrected chi connectivity index (χ3v) is 8.44. The van der Waals surface area contributed by atoms with Crippen molar-refractivity contribution >= 4 is 16.6 Å². The second-order valence-corrected chi connectivity index (χ2v) is 10.5. The highest BCUT2D eigenvalue weighted by Gasteiger charge is 2.47. The lowest BCUT2D eigenvalue weighted by atomic mass is 9.57. The van der Waals surface area contributed by atoms with Gasteiger partial charge in [0.15, 0.2) is 0 Å². The zero-order chi connectivity index (χ0) is 21.2. The van der Waals surface area contributed by atoms with Gasteiger partial charge in [-0.3, -0.25) is 9.67 Å². The average molecular weight is 416 g/mol. The lowest BCUT2D eigenvalue weighted by Crippen LogP contribution is -2.53. The number of pyridine rings is 1. The number of anilines is 1. The van der Waals surface area contributed by atoms with Crippen LogP contribution in [-0.4, -0.2) is 26.8 Å². The van der Waals surface area contributed by atoms with Gasteiger partial charge in [-0.1, -0.05) is 18.2 Å². The lowest BCUT2D eigenvalue weighted by Gasteiger charge is -2.52. The first kappa shape index (κ1) is 19.3. The van der Waals surface area contributed by atoms with Crippen molar-refractivity contribution in [2.24, 2.45) is 11.1 Å². The molecule has 1 aromatic carbocycles. The van der Waals surface area contributed by atoms with Crippen LogP contribution < -0.4 is 10.6 Å². The zero-order valence-corrected chi connectivity index (χ0v) is 18.8. The second kappa shape index (κ2) is 6.80. The Bertz CT molecular complexity index is 1140. The van der Waals surface area contributed by atoms with E-state index in [-0.39, 0.29) is 5.54 Å². The Morgan fingerprint density at radius 1 is 1.03 bits per heavy atom. The van der Waals surface area contributed by atoms with Crippen LogP contribution in [0, 0.1) is 19.3 Å². The fourth-order valence-electron chi connectivity index (χ4n) is 6.39. The maximum absolute atomic E-state index is 6.55. The Kier molecular flexibility index (Phi) is 4.23. The van der Waals surface area contributed by atoms with Gasteiger partial charge in [0, 0.05) is 59.6 Å². The molecule has 0 spiro atoms. The van der Waals surface area contributed by atoms with Gasteiger partial charge in [-0.05, 0) is 69.9 Å². The molecule has 0 unspecified atom stereocenters. The summed E-state index contributed by atoms with van der Waals surface area (Å²) in [6.07, 6.45) is 8.44. The predicted molar refractivity (Wildman–Crippen MR) is 125 cm³/mol. The third-order valence-electron chi connectivity index (χ3n) is 8.44. The Hall–Kier alpha value is -2.40. The number of hydrogen-bond acceptors (Lipinski definition) is 4. The van der Waals surface area contributed by atoms with Gasteiger partial charge in [0.2, 0.25) is 0 Å². The molecule has 2 bridgehead atoms. The molecule has 7 rings (SSSR count). The molecule has 3 heterocycles. The van der Waals surface area contributed by atoms with Gasteiger partial charge in [0.05, 0.1) is 11.2 Å². The molecule has 2 N–H and O–H groups in total. The van der Waals surface area contributed by atoms with E-state index < -0.39 is 0 Å². The highest BCUT2D eigenvalue weighted by atomic mass is 15.3. The molecule has 0 atom stereocenters. The van der Waals surface area contributed by atoms with Crippen molar-refractivity contribution in [3.05, 3.63) is 53.0 Å². The minimum absolute atomic E-state index is 0.132. The van der Waals surface area contributed by atoms with Gasteiger partial charge in [0.1, 0.15) is 0 Å². The minimum Gasteiger partial charge on any atom is -0.366 e. The van der Waals surface area contributed by atoms with Crippen molar-refractivity contribution in [1.82, 2.24) is 14.8 Å². The molecule has 3 aliphatic carbocycles. The second-order valence-electron chi connectivity index (χ2n) is 10.5. The van der Waals surface area contributed by atoms with Crippen molar-refractivity contribution in [3.63, 3.8) is 0 Å². The van der Waals surface area contributed by atoms with Crippen LogP contribution in [0.1, 0.15) is 61.2 Å². The molecule has 5 nitrogen and oxygen atoms in total. The number of para-hydroxylation sites is 1. The molecule has 162 valence electrons. The van der Waals surface area contributed by atoms with E-state index in [2.05, 4.69) is 53.8 Å². The highest BCUT2D eigenvalue weighted by molar-refractivity contribution is 5.92. The van der Waals surface area contributed by atoms with Gasteiger partial charge in [0.25, 0.3) is 0 Å². The quantitative estimate of drug-likeness (QED) is 0.676. The molecule has 3 aromatic rings. The first-order valence-electron chi connectivity index (χ1n) is 11.9. The molecule has 1 aliphatic heterocycles. The van der Waals surface area contributed by atoms with E-state index in [4.69, 9.17) is 15.8 Å². The summed E-state index contributed by atoms with van der Waals surface area (Å²) in [7, 11) is 0. The number of hydrogen-bond donors (Lipinski definition) is 1. The van der Waals surface area contributed by atoms with Gasteiger partial charge < -0.3 is 10.6 Å². The molecule has 0 radical (unpaired) electrons. The summed E-state index contributed by atoms with van der Waals surface area (Å²) in [6.45, 7) is 7.34. The first-order valence-corrected chi connectivity index (χ1v) is 11.9. The summed E-state index contributed by atoms with van der Waals surface area (Å²) in [6, 6.07) is 10.8. The van der Waals surface area contributed by atoms with Crippen molar-refractivity contribution in [3.8, 4) is 0 Å². The Morgan fingerprint density at radius 2 is 1.77 bits per heavy atom. The van der Waals surface area contributed by atoms with Crippen LogP contribution in [0.3, 0.4) is 0 Å². The van der Waals surface area contributed by atoms with Gasteiger partial charge in [-0.2, -0.15) is 5.10 Å². The van der Waals surface area contributed by atoms with Crippen LogP contribution in [0.4, 0.5) is 5.69 Å². The van der Waals surface area contributed by atoms with Crippen LogP contribution >= 0.6 is 0 Å². The zero-order valence-electron chi connectivity index (χ0n) is 18.8. The van der Waals surface area contributed by atoms with Crippen LogP contribution in [0.15, 0.2) is 30.3 Å². The fraction of sp³-hybridized carbons (Fsp3) is 0.538. The van der Waals surface area contributed by atoms with E-state index in [0.29, 0.717) is 5.41 Å². The monoisotopic (exact) mass is 415 g/mol. The SMILES string of the molecule is Cc1cc(N2CCc3c(c(C)nn3CC34CCC(N)(CC3)CC4)C2)c2ccccc2n1. The minimum atomic E-state index is 0.132.